The van der Waals surface area contributed by atoms with E-state index in [-0.39, 0.29) is 11.8 Å². The zero-order chi connectivity index (χ0) is 20.0. The monoisotopic (exact) mass is 450 g/mol. The molecule has 3 aromatic carbocycles. The lowest BCUT2D eigenvalue weighted by Gasteiger charge is -2.38. The molecule has 2 aliphatic heterocycles. The SMILES string of the molecule is COc1ccc(C2=NN3C(C2)c2ccccc2OC3c2cc(Br)ccc2O)cc1. The van der Waals surface area contributed by atoms with E-state index in [0.29, 0.717) is 5.56 Å². The quantitative estimate of drug-likeness (QED) is 0.579. The average Bonchev–Trinajstić information content (AvgIpc) is 3.21. The maximum Gasteiger partial charge on any atom is 0.217 e. The van der Waals surface area contributed by atoms with E-state index in [1.165, 1.54) is 0 Å². The van der Waals surface area contributed by atoms with Gasteiger partial charge < -0.3 is 14.6 Å². The highest BCUT2D eigenvalue weighted by Crippen LogP contribution is 2.48. The molecule has 146 valence electrons. The molecule has 0 spiro atoms. The zero-order valence-electron chi connectivity index (χ0n) is 15.7. The molecule has 0 radical (unpaired) electrons. The molecule has 5 nitrogen and oxygen atoms in total. The summed E-state index contributed by atoms with van der Waals surface area (Å²) in [6.45, 7) is 0. The molecule has 0 saturated carbocycles. The highest BCUT2D eigenvalue weighted by Gasteiger charge is 2.41. The second-order valence-corrected chi connectivity index (χ2v) is 8.00. The van der Waals surface area contributed by atoms with E-state index in [2.05, 4.69) is 22.0 Å². The molecule has 6 heteroatoms. The van der Waals surface area contributed by atoms with Crippen LogP contribution < -0.4 is 9.47 Å². The van der Waals surface area contributed by atoms with Crippen molar-refractivity contribution in [2.24, 2.45) is 5.10 Å². The summed E-state index contributed by atoms with van der Waals surface area (Å²) in [5.74, 6) is 1.82. The number of aromatic hydroxyl groups is 1. The Morgan fingerprint density at radius 1 is 1.07 bits per heavy atom. The van der Waals surface area contributed by atoms with Crippen molar-refractivity contribution in [3.8, 4) is 17.2 Å². The predicted octanol–water partition coefficient (Wildman–Crippen LogP) is 5.41. The van der Waals surface area contributed by atoms with Crippen LogP contribution in [0.3, 0.4) is 0 Å². The molecule has 2 heterocycles. The second kappa shape index (κ2) is 7.12. The minimum Gasteiger partial charge on any atom is -0.507 e. The Labute approximate surface area is 177 Å². The fourth-order valence-electron chi connectivity index (χ4n) is 3.92. The number of phenols is 1. The normalized spacial score (nSPS) is 19.8. The summed E-state index contributed by atoms with van der Waals surface area (Å²) in [5, 5.41) is 17.4. The van der Waals surface area contributed by atoms with Crippen molar-refractivity contribution in [1.29, 1.82) is 0 Å². The molecule has 0 saturated heterocycles. The van der Waals surface area contributed by atoms with Gasteiger partial charge in [0.25, 0.3) is 0 Å². The fraction of sp³-hybridized carbons (Fsp3) is 0.174. The van der Waals surface area contributed by atoms with Gasteiger partial charge in [0.2, 0.25) is 6.23 Å². The molecule has 0 bridgehead atoms. The number of benzene rings is 3. The van der Waals surface area contributed by atoms with Gasteiger partial charge in [-0.25, -0.2) is 5.01 Å². The lowest BCUT2D eigenvalue weighted by Crippen LogP contribution is -2.33. The highest BCUT2D eigenvalue weighted by atomic mass is 79.9. The largest absolute Gasteiger partial charge is 0.507 e. The molecule has 5 rings (SSSR count). The molecule has 2 unspecified atom stereocenters. The van der Waals surface area contributed by atoms with Crippen LogP contribution in [0.15, 0.2) is 76.3 Å². The van der Waals surface area contributed by atoms with Crippen LogP contribution in [0.4, 0.5) is 0 Å². The first kappa shape index (κ1) is 18.1. The summed E-state index contributed by atoms with van der Waals surface area (Å²) >= 11 is 3.50. The Bertz CT molecular complexity index is 1100. The Kier molecular flexibility index (Phi) is 4.43. The van der Waals surface area contributed by atoms with Crippen LogP contribution in [0.2, 0.25) is 0 Å². The van der Waals surface area contributed by atoms with Crippen LogP contribution in [-0.2, 0) is 0 Å². The average molecular weight is 451 g/mol. The minimum absolute atomic E-state index is 0.0421. The lowest BCUT2D eigenvalue weighted by atomic mass is 9.96. The third kappa shape index (κ3) is 3.13. The van der Waals surface area contributed by atoms with Crippen molar-refractivity contribution in [3.05, 3.63) is 87.9 Å². The number of halogens is 1. The second-order valence-electron chi connectivity index (χ2n) is 7.09. The van der Waals surface area contributed by atoms with E-state index in [9.17, 15) is 5.11 Å². The third-order valence-electron chi connectivity index (χ3n) is 5.38. The Morgan fingerprint density at radius 3 is 2.66 bits per heavy atom. The summed E-state index contributed by atoms with van der Waals surface area (Å²) in [7, 11) is 1.66. The maximum atomic E-state index is 10.5. The van der Waals surface area contributed by atoms with Crippen molar-refractivity contribution in [3.63, 3.8) is 0 Å². The van der Waals surface area contributed by atoms with Gasteiger partial charge in [-0.3, -0.25) is 0 Å². The van der Waals surface area contributed by atoms with Gasteiger partial charge in [-0.05, 0) is 54.1 Å². The third-order valence-corrected chi connectivity index (χ3v) is 5.87. The maximum absolute atomic E-state index is 10.5. The van der Waals surface area contributed by atoms with Crippen LogP contribution in [-0.4, -0.2) is 22.9 Å². The number of nitrogens with zero attached hydrogens (tertiary/aromatic N) is 2. The highest BCUT2D eigenvalue weighted by molar-refractivity contribution is 9.10. The summed E-state index contributed by atoms with van der Waals surface area (Å²) in [6, 6.07) is 21.4. The van der Waals surface area contributed by atoms with E-state index in [1.54, 1.807) is 13.2 Å². The van der Waals surface area contributed by atoms with Crippen molar-refractivity contribution in [2.45, 2.75) is 18.7 Å². The molecular formula is C23H19BrN2O3. The Balaban J connectivity index is 1.59. The molecule has 1 N–H and O–H groups in total. The molecule has 0 fully saturated rings. The molecule has 3 aromatic rings. The molecule has 2 atom stereocenters. The van der Waals surface area contributed by atoms with Crippen LogP contribution >= 0.6 is 15.9 Å². The first-order valence-electron chi connectivity index (χ1n) is 9.38. The predicted molar refractivity (Wildman–Crippen MR) is 114 cm³/mol. The van der Waals surface area contributed by atoms with Crippen molar-refractivity contribution < 1.29 is 14.6 Å². The fourth-order valence-corrected chi connectivity index (χ4v) is 4.30. The van der Waals surface area contributed by atoms with Gasteiger partial charge in [-0.1, -0.05) is 34.1 Å². The van der Waals surface area contributed by atoms with Gasteiger partial charge in [0, 0.05) is 16.5 Å². The van der Waals surface area contributed by atoms with Crippen LogP contribution in [0.25, 0.3) is 0 Å². The van der Waals surface area contributed by atoms with E-state index >= 15 is 0 Å². The summed E-state index contributed by atoms with van der Waals surface area (Å²) in [5.41, 5.74) is 3.82. The Hall–Kier alpha value is -2.99. The van der Waals surface area contributed by atoms with Crippen LogP contribution in [0.5, 0.6) is 17.2 Å². The number of ether oxygens (including phenoxy) is 2. The van der Waals surface area contributed by atoms with E-state index in [4.69, 9.17) is 14.6 Å². The van der Waals surface area contributed by atoms with Gasteiger partial charge in [-0.15, -0.1) is 0 Å². The number of hydrazone groups is 1. The smallest absolute Gasteiger partial charge is 0.217 e. The molecule has 29 heavy (non-hydrogen) atoms. The molecule has 0 amide bonds. The van der Waals surface area contributed by atoms with E-state index < -0.39 is 6.23 Å². The summed E-state index contributed by atoms with van der Waals surface area (Å²) in [6.07, 6.45) is 0.251. The van der Waals surface area contributed by atoms with E-state index in [1.807, 2.05) is 59.6 Å². The first-order valence-corrected chi connectivity index (χ1v) is 10.2. The van der Waals surface area contributed by atoms with Gasteiger partial charge in [0.15, 0.2) is 0 Å². The van der Waals surface area contributed by atoms with Crippen molar-refractivity contribution in [2.75, 3.05) is 7.11 Å². The number of hydrogen-bond donors (Lipinski definition) is 1. The summed E-state index contributed by atoms with van der Waals surface area (Å²) < 4.78 is 12.5. The van der Waals surface area contributed by atoms with Gasteiger partial charge in [-0.2, -0.15) is 5.10 Å². The molecule has 0 aromatic heterocycles. The van der Waals surface area contributed by atoms with Crippen molar-refractivity contribution in [1.82, 2.24) is 5.01 Å². The number of hydrogen-bond acceptors (Lipinski definition) is 5. The number of phenolic OH excluding ortho intramolecular Hbond substituents is 1. The topological polar surface area (TPSA) is 54.3 Å². The number of methoxy groups -OCH3 is 1. The minimum atomic E-state index is -0.511. The summed E-state index contributed by atoms with van der Waals surface area (Å²) in [4.78, 5) is 0. The zero-order valence-corrected chi connectivity index (χ0v) is 17.3. The van der Waals surface area contributed by atoms with Gasteiger partial charge >= 0.3 is 0 Å². The molecule has 2 aliphatic rings. The van der Waals surface area contributed by atoms with Gasteiger partial charge in [0.05, 0.1) is 24.4 Å². The lowest BCUT2D eigenvalue weighted by molar-refractivity contribution is -0.0203. The number of fused-ring (bicyclic) bond motifs is 3. The van der Waals surface area contributed by atoms with Crippen molar-refractivity contribution >= 4 is 21.6 Å². The van der Waals surface area contributed by atoms with Crippen LogP contribution in [0.1, 0.15) is 35.4 Å². The Morgan fingerprint density at radius 2 is 1.86 bits per heavy atom. The van der Waals surface area contributed by atoms with Crippen LogP contribution in [0, 0.1) is 0 Å². The van der Waals surface area contributed by atoms with E-state index in [0.717, 1.165) is 39.2 Å². The first-order chi connectivity index (χ1) is 14.1. The standard InChI is InChI=1S/C23H19BrN2O3/c1-28-16-9-6-14(7-10-16)19-13-20-17-4-2-3-5-22(17)29-23(26(20)25-19)18-12-15(24)8-11-21(18)27/h2-12,20,23,27H,13H2,1H3. The number of rotatable bonds is 3. The molecular weight excluding hydrogens is 432 g/mol. The van der Waals surface area contributed by atoms with Gasteiger partial charge in [0.1, 0.15) is 17.2 Å². The number of para-hydroxylation sites is 1. The molecule has 0 aliphatic carbocycles.